The lowest BCUT2D eigenvalue weighted by molar-refractivity contribution is -0.139. The van der Waals surface area contributed by atoms with Crippen LogP contribution >= 0.6 is 12.4 Å². The molecule has 0 amide bonds. The molecule has 0 saturated carbocycles. The normalized spacial score (nSPS) is 11.9. The molecule has 0 radical (unpaired) electrons. The monoisotopic (exact) mass is 383 g/mol. The Kier molecular flexibility index (Phi) is 7.29. The first kappa shape index (κ1) is 20.8. The number of ether oxygens (including phenoxy) is 1. The van der Waals surface area contributed by atoms with Gasteiger partial charge in [-0.3, -0.25) is 0 Å². The predicted molar refractivity (Wildman–Crippen MR) is 95.3 cm³/mol. The summed E-state index contributed by atoms with van der Waals surface area (Å²) >= 11 is 0. The van der Waals surface area contributed by atoms with Gasteiger partial charge >= 0.3 is 11.9 Å². The van der Waals surface area contributed by atoms with Crippen molar-refractivity contribution in [2.45, 2.75) is 17.4 Å². The van der Waals surface area contributed by atoms with Crippen molar-refractivity contribution in [2.75, 3.05) is 6.26 Å². The summed E-state index contributed by atoms with van der Waals surface area (Å²) in [5.74, 6) is -1.64. The number of sulfone groups is 1. The first-order valence-corrected chi connectivity index (χ1v) is 9.02. The maximum atomic E-state index is 11.9. The highest BCUT2D eigenvalue weighted by Crippen LogP contribution is 2.13. The Labute approximate surface area is 152 Å². The molecule has 6 nitrogen and oxygen atoms in total. The van der Waals surface area contributed by atoms with Gasteiger partial charge in [0.05, 0.1) is 10.5 Å². The smallest absolute Gasteiger partial charge is 0.345 e. The molecular weight excluding hydrogens is 366 g/mol. The average Bonchev–Trinajstić information content (AvgIpc) is 2.55. The van der Waals surface area contributed by atoms with Crippen molar-refractivity contribution < 1.29 is 22.7 Å². The number of carbonyl (C=O) groups is 2. The number of halogens is 1. The van der Waals surface area contributed by atoms with Gasteiger partial charge in [0.25, 0.3) is 0 Å². The van der Waals surface area contributed by atoms with E-state index in [-0.39, 0.29) is 29.3 Å². The number of hydrogen-bond acceptors (Lipinski definition) is 6. The largest absolute Gasteiger partial charge is 0.388 e. The Morgan fingerprint density at radius 3 is 2.32 bits per heavy atom. The van der Waals surface area contributed by atoms with Crippen molar-refractivity contribution in [1.29, 1.82) is 0 Å². The highest BCUT2D eigenvalue weighted by molar-refractivity contribution is 7.90. The number of benzene rings is 2. The summed E-state index contributed by atoms with van der Waals surface area (Å²) < 4.78 is 27.8. The van der Waals surface area contributed by atoms with E-state index in [1.165, 1.54) is 24.3 Å². The molecular formula is C17H18ClNO5S. The zero-order chi connectivity index (χ0) is 17.7. The summed E-state index contributed by atoms with van der Waals surface area (Å²) in [6.45, 7) is 0. The topological polar surface area (TPSA) is 104 Å². The second-order valence-corrected chi connectivity index (χ2v) is 7.32. The molecule has 2 rings (SSSR count). The van der Waals surface area contributed by atoms with Gasteiger partial charge in [-0.15, -0.1) is 12.4 Å². The van der Waals surface area contributed by atoms with Crippen LogP contribution < -0.4 is 5.73 Å². The SMILES string of the molecule is CS(=O)(=O)c1cccc(C[C@H](N)C(=O)OC(=O)c2ccccc2)c1.Cl. The molecule has 134 valence electrons. The molecule has 2 aromatic carbocycles. The molecule has 0 heterocycles. The summed E-state index contributed by atoms with van der Waals surface area (Å²) in [5, 5.41) is 0. The van der Waals surface area contributed by atoms with Gasteiger partial charge in [0.2, 0.25) is 0 Å². The third-order valence-corrected chi connectivity index (χ3v) is 4.40. The maximum absolute atomic E-state index is 11.9. The van der Waals surface area contributed by atoms with E-state index >= 15 is 0 Å². The van der Waals surface area contributed by atoms with Crippen LogP contribution in [0.25, 0.3) is 0 Å². The molecule has 0 aromatic heterocycles. The number of carbonyl (C=O) groups excluding carboxylic acids is 2. The van der Waals surface area contributed by atoms with Crippen LogP contribution in [0, 0.1) is 0 Å². The first-order valence-electron chi connectivity index (χ1n) is 7.13. The van der Waals surface area contributed by atoms with Gasteiger partial charge in [-0.05, 0) is 36.2 Å². The van der Waals surface area contributed by atoms with Gasteiger partial charge in [-0.25, -0.2) is 18.0 Å². The van der Waals surface area contributed by atoms with Gasteiger partial charge < -0.3 is 10.5 Å². The van der Waals surface area contributed by atoms with Crippen LogP contribution in [-0.4, -0.2) is 32.7 Å². The summed E-state index contributed by atoms with van der Waals surface area (Å²) in [5.41, 5.74) is 6.57. The van der Waals surface area contributed by atoms with Crippen LogP contribution in [0.1, 0.15) is 15.9 Å². The maximum Gasteiger partial charge on any atom is 0.345 e. The second kappa shape index (κ2) is 8.75. The fourth-order valence-electron chi connectivity index (χ4n) is 2.04. The van der Waals surface area contributed by atoms with Crippen LogP contribution in [0.15, 0.2) is 59.5 Å². The van der Waals surface area contributed by atoms with E-state index in [0.717, 1.165) is 6.26 Å². The summed E-state index contributed by atoms with van der Waals surface area (Å²) in [7, 11) is -3.35. The van der Waals surface area contributed by atoms with Crippen molar-refractivity contribution in [3.63, 3.8) is 0 Å². The molecule has 1 atom stereocenters. The highest BCUT2D eigenvalue weighted by atomic mass is 35.5. The number of hydrogen-bond donors (Lipinski definition) is 1. The Balaban J connectivity index is 0.00000312. The van der Waals surface area contributed by atoms with Crippen LogP contribution in [0.3, 0.4) is 0 Å². The lowest BCUT2D eigenvalue weighted by atomic mass is 10.1. The fraction of sp³-hybridized carbons (Fsp3) is 0.176. The van der Waals surface area contributed by atoms with Gasteiger partial charge in [0, 0.05) is 6.26 Å². The van der Waals surface area contributed by atoms with Crippen LogP contribution in [0.5, 0.6) is 0 Å². The number of esters is 2. The third kappa shape index (κ3) is 5.97. The molecule has 0 bridgehead atoms. The summed E-state index contributed by atoms with van der Waals surface area (Å²) in [6.07, 6.45) is 1.16. The fourth-order valence-corrected chi connectivity index (χ4v) is 2.73. The van der Waals surface area contributed by atoms with E-state index in [4.69, 9.17) is 10.5 Å². The molecule has 0 aliphatic carbocycles. The van der Waals surface area contributed by atoms with Crippen molar-refractivity contribution in [1.82, 2.24) is 0 Å². The van der Waals surface area contributed by atoms with Gasteiger partial charge in [0.1, 0.15) is 6.04 Å². The second-order valence-electron chi connectivity index (χ2n) is 5.30. The lowest BCUT2D eigenvalue weighted by Crippen LogP contribution is -2.35. The van der Waals surface area contributed by atoms with Crippen molar-refractivity contribution >= 4 is 34.2 Å². The van der Waals surface area contributed by atoms with E-state index in [1.807, 2.05) is 0 Å². The van der Waals surface area contributed by atoms with Crippen LogP contribution in [0.4, 0.5) is 0 Å². The zero-order valence-corrected chi connectivity index (χ0v) is 15.0. The minimum absolute atomic E-state index is 0. The first-order chi connectivity index (χ1) is 11.3. The average molecular weight is 384 g/mol. The van der Waals surface area contributed by atoms with Crippen LogP contribution in [0.2, 0.25) is 0 Å². The minimum atomic E-state index is -3.35. The Bertz CT molecular complexity index is 852. The molecule has 0 aliphatic rings. The molecule has 2 aromatic rings. The van der Waals surface area contributed by atoms with E-state index < -0.39 is 27.8 Å². The highest BCUT2D eigenvalue weighted by Gasteiger charge is 2.20. The number of nitrogens with two attached hydrogens (primary N) is 1. The molecule has 0 unspecified atom stereocenters. The molecule has 25 heavy (non-hydrogen) atoms. The Hall–Kier alpha value is -2.22. The van der Waals surface area contributed by atoms with Crippen molar-refractivity contribution in [3.05, 3.63) is 65.7 Å². The minimum Gasteiger partial charge on any atom is -0.388 e. The van der Waals surface area contributed by atoms with Crippen LogP contribution in [-0.2, 0) is 25.8 Å². The third-order valence-electron chi connectivity index (χ3n) is 3.29. The van der Waals surface area contributed by atoms with Gasteiger partial charge in [-0.2, -0.15) is 0 Å². The molecule has 0 fully saturated rings. The van der Waals surface area contributed by atoms with Gasteiger partial charge in [-0.1, -0.05) is 30.3 Å². The Morgan fingerprint density at radius 1 is 1.08 bits per heavy atom. The quantitative estimate of drug-likeness (QED) is 0.623. The van der Waals surface area contributed by atoms with Gasteiger partial charge in [0.15, 0.2) is 9.84 Å². The lowest BCUT2D eigenvalue weighted by Gasteiger charge is -2.11. The summed E-state index contributed by atoms with van der Waals surface area (Å²) in [4.78, 5) is 23.9. The van der Waals surface area contributed by atoms with E-state index in [9.17, 15) is 18.0 Å². The van der Waals surface area contributed by atoms with Crippen molar-refractivity contribution in [3.8, 4) is 0 Å². The summed E-state index contributed by atoms with van der Waals surface area (Å²) in [6, 6.07) is 13.1. The van der Waals surface area contributed by atoms with E-state index in [0.29, 0.717) is 5.56 Å². The molecule has 8 heteroatoms. The predicted octanol–water partition coefficient (Wildman–Crippen LogP) is 1.77. The van der Waals surface area contributed by atoms with E-state index in [2.05, 4.69) is 0 Å². The molecule has 0 saturated heterocycles. The molecule has 0 aliphatic heterocycles. The van der Waals surface area contributed by atoms with E-state index in [1.54, 1.807) is 30.3 Å². The zero-order valence-electron chi connectivity index (χ0n) is 13.4. The number of rotatable bonds is 5. The standard InChI is InChI=1S/C17H17NO5S.ClH/c1-24(21,22)14-9-5-6-12(10-14)11-15(18)17(20)23-16(19)13-7-3-2-4-8-13;/h2-10,15H,11,18H2,1H3;1H/t15-;/m0./s1. The van der Waals surface area contributed by atoms with Crippen molar-refractivity contribution in [2.24, 2.45) is 5.73 Å². The Morgan fingerprint density at radius 2 is 1.72 bits per heavy atom. The molecule has 2 N–H and O–H groups in total. The molecule has 0 spiro atoms.